The molecule has 2 aromatic carbocycles. The van der Waals surface area contributed by atoms with Gasteiger partial charge >= 0.3 is 23.9 Å². The number of carboxylic acids is 3. The third-order valence-electron chi connectivity index (χ3n) is 3.03. The Hall–Kier alpha value is -3.68. The Morgan fingerprint density at radius 2 is 1.21 bits per heavy atom. The maximum atomic E-state index is 12.0. The molecule has 0 unspecified atom stereocenters. The number of benzene rings is 2. The largest absolute Gasteiger partial charge is 0.478 e. The molecular formula is C16H10O8. The first-order valence-corrected chi connectivity index (χ1v) is 6.45. The second-order valence-corrected chi connectivity index (χ2v) is 4.59. The fraction of sp³-hybridized carbons (Fsp3) is 0. The quantitative estimate of drug-likeness (QED) is 0.559. The van der Waals surface area contributed by atoms with E-state index in [-0.39, 0.29) is 16.9 Å². The van der Waals surface area contributed by atoms with Crippen molar-refractivity contribution in [3.05, 3.63) is 64.7 Å². The Bertz CT molecular complexity index is 836. The lowest BCUT2D eigenvalue weighted by molar-refractivity contribution is 0.0650. The van der Waals surface area contributed by atoms with Gasteiger partial charge < -0.3 is 20.1 Å². The van der Waals surface area contributed by atoms with E-state index in [1.54, 1.807) is 0 Å². The number of carboxylic acid groups (broad SMARTS) is 3. The summed E-state index contributed by atoms with van der Waals surface area (Å²) in [5.74, 6) is -5.04. The smallest absolute Gasteiger partial charge is 0.343 e. The molecular weight excluding hydrogens is 320 g/mol. The van der Waals surface area contributed by atoms with Gasteiger partial charge in [0.2, 0.25) is 0 Å². The predicted octanol–water partition coefficient (Wildman–Crippen LogP) is 2.00. The second kappa shape index (κ2) is 6.61. The van der Waals surface area contributed by atoms with Crippen molar-refractivity contribution in [3.8, 4) is 5.75 Å². The minimum atomic E-state index is -1.48. The summed E-state index contributed by atoms with van der Waals surface area (Å²) >= 11 is 0. The average Bonchev–Trinajstić information content (AvgIpc) is 2.54. The van der Waals surface area contributed by atoms with Crippen molar-refractivity contribution in [2.75, 3.05) is 0 Å². The lowest BCUT2D eigenvalue weighted by Crippen LogP contribution is -2.12. The van der Waals surface area contributed by atoms with Crippen molar-refractivity contribution in [1.29, 1.82) is 0 Å². The Kier molecular flexibility index (Phi) is 4.60. The van der Waals surface area contributed by atoms with E-state index in [1.807, 2.05) is 0 Å². The molecule has 2 rings (SSSR count). The van der Waals surface area contributed by atoms with Crippen LogP contribution in [0.15, 0.2) is 42.5 Å². The fourth-order valence-corrected chi connectivity index (χ4v) is 1.87. The van der Waals surface area contributed by atoms with E-state index in [2.05, 4.69) is 0 Å². The number of esters is 1. The number of carbonyl (C=O) groups is 4. The van der Waals surface area contributed by atoms with Crippen molar-refractivity contribution in [2.24, 2.45) is 0 Å². The molecule has 0 atom stereocenters. The van der Waals surface area contributed by atoms with Crippen LogP contribution in [0.5, 0.6) is 5.75 Å². The summed E-state index contributed by atoms with van der Waals surface area (Å²) < 4.78 is 4.98. The molecule has 0 fully saturated rings. The van der Waals surface area contributed by atoms with Gasteiger partial charge in [-0.05, 0) is 42.5 Å². The Morgan fingerprint density at radius 3 is 1.71 bits per heavy atom. The zero-order valence-electron chi connectivity index (χ0n) is 11.9. The van der Waals surface area contributed by atoms with Crippen LogP contribution in [0.2, 0.25) is 0 Å². The molecule has 2 aromatic rings. The molecule has 0 heterocycles. The molecule has 24 heavy (non-hydrogen) atoms. The molecule has 0 spiro atoms. The highest BCUT2D eigenvalue weighted by atomic mass is 16.5. The summed E-state index contributed by atoms with van der Waals surface area (Å²) in [4.78, 5) is 44.7. The molecule has 8 nitrogen and oxygen atoms in total. The van der Waals surface area contributed by atoms with Gasteiger partial charge in [0.05, 0.1) is 22.3 Å². The highest BCUT2D eigenvalue weighted by molar-refractivity contribution is 6.02. The third kappa shape index (κ3) is 3.55. The molecule has 122 valence electrons. The molecule has 0 saturated carbocycles. The van der Waals surface area contributed by atoms with Crippen molar-refractivity contribution in [3.63, 3.8) is 0 Å². The number of ether oxygens (including phenoxy) is 1. The van der Waals surface area contributed by atoms with Gasteiger partial charge in [0, 0.05) is 0 Å². The van der Waals surface area contributed by atoms with Gasteiger partial charge in [-0.25, -0.2) is 19.2 Å². The van der Waals surface area contributed by atoms with Crippen molar-refractivity contribution >= 4 is 23.9 Å². The van der Waals surface area contributed by atoms with E-state index >= 15 is 0 Å². The van der Waals surface area contributed by atoms with Crippen LogP contribution in [0.4, 0.5) is 0 Å². The summed E-state index contributed by atoms with van der Waals surface area (Å²) in [7, 11) is 0. The van der Waals surface area contributed by atoms with E-state index < -0.39 is 35.0 Å². The standard InChI is InChI=1S/C16H10O8/c17-13(18)8-1-3-9(4-2-8)16(23)24-10-5-6-11(14(19)20)12(7-10)15(21)22/h1-7H,(H,17,18)(H,19,20)(H,21,22). The highest BCUT2D eigenvalue weighted by Gasteiger charge is 2.18. The minimum Gasteiger partial charge on any atom is -0.478 e. The van der Waals surface area contributed by atoms with Gasteiger partial charge in [0.1, 0.15) is 5.75 Å². The predicted molar refractivity (Wildman–Crippen MR) is 78.7 cm³/mol. The molecule has 0 bridgehead atoms. The van der Waals surface area contributed by atoms with Crippen LogP contribution in [0.25, 0.3) is 0 Å². The zero-order valence-corrected chi connectivity index (χ0v) is 11.9. The molecule has 0 aliphatic carbocycles. The van der Waals surface area contributed by atoms with E-state index in [4.69, 9.17) is 20.1 Å². The summed E-state index contributed by atoms with van der Waals surface area (Å²) in [6.45, 7) is 0. The van der Waals surface area contributed by atoms with E-state index in [0.717, 1.165) is 18.2 Å². The summed E-state index contributed by atoms with van der Waals surface area (Å²) in [6, 6.07) is 8.02. The molecule has 0 radical (unpaired) electrons. The van der Waals surface area contributed by atoms with E-state index in [1.165, 1.54) is 24.3 Å². The average molecular weight is 330 g/mol. The van der Waals surface area contributed by atoms with Crippen LogP contribution >= 0.6 is 0 Å². The molecule has 0 aliphatic rings. The Morgan fingerprint density at radius 1 is 0.667 bits per heavy atom. The highest BCUT2D eigenvalue weighted by Crippen LogP contribution is 2.20. The molecule has 3 N–H and O–H groups in total. The minimum absolute atomic E-state index is 0.00877. The number of hydrogen-bond donors (Lipinski definition) is 3. The molecule has 0 aliphatic heterocycles. The van der Waals surface area contributed by atoms with Gasteiger partial charge in [-0.15, -0.1) is 0 Å². The van der Waals surface area contributed by atoms with Crippen LogP contribution < -0.4 is 4.74 Å². The first-order chi connectivity index (χ1) is 11.3. The summed E-state index contributed by atoms with van der Waals surface area (Å²) in [5.41, 5.74) is -0.910. The van der Waals surface area contributed by atoms with E-state index in [0.29, 0.717) is 0 Å². The fourth-order valence-electron chi connectivity index (χ4n) is 1.87. The normalized spacial score (nSPS) is 10.0. The van der Waals surface area contributed by atoms with Crippen LogP contribution in [-0.4, -0.2) is 39.2 Å². The third-order valence-corrected chi connectivity index (χ3v) is 3.03. The Balaban J connectivity index is 2.25. The van der Waals surface area contributed by atoms with E-state index in [9.17, 15) is 19.2 Å². The van der Waals surface area contributed by atoms with Crippen molar-refractivity contribution < 1.29 is 39.2 Å². The van der Waals surface area contributed by atoms with Crippen LogP contribution in [0.1, 0.15) is 41.4 Å². The van der Waals surface area contributed by atoms with Crippen molar-refractivity contribution in [2.45, 2.75) is 0 Å². The number of aromatic carboxylic acids is 3. The number of rotatable bonds is 5. The molecule has 8 heteroatoms. The van der Waals surface area contributed by atoms with Crippen LogP contribution in [0, 0.1) is 0 Å². The maximum Gasteiger partial charge on any atom is 0.343 e. The van der Waals surface area contributed by atoms with Crippen LogP contribution in [-0.2, 0) is 0 Å². The lowest BCUT2D eigenvalue weighted by Gasteiger charge is -2.07. The first kappa shape index (κ1) is 16.7. The zero-order chi connectivity index (χ0) is 17.9. The lowest BCUT2D eigenvalue weighted by atomic mass is 10.1. The summed E-state index contributed by atoms with van der Waals surface area (Å²) in [6.07, 6.45) is 0. The maximum absolute atomic E-state index is 12.0. The molecule has 0 amide bonds. The molecule has 0 aromatic heterocycles. The summed E-state index contributed by atoms with van der Waals surface area (Å²) in [5, 5.41) is 26.7. The second-order valence-electron chi connectivity index (χ2n) is 4.59. The molecule has 0 saturated heterocycles. The van der Waals surface area contributed by atoms with Crippen LogP contribution in [0.3, 0.4) is 0 Å². The first-order valence-electron chi connectivity index (χ1n) is 6.45. The van der Waals surface area contributed by atoms with Gasteiger partial charge in [-0.2, -0.15) is 0 Å². The van der Waals surface area contributed by atoms with Gasteiger partial charge in [0.15, 0.2) is 0 Å². The van der Waals surface area contributed by atoms with Crippen molar-refractivity contribution in [1.82, 2.24) is 0 Å². The van der Waals surface area contributed by atoms with Gasteiger partial charge in [-0.1, -0.05) is 0 Å². The number of carbonyl (C=O) groups excluding carboxylic acids is 1. The topological polar surface area (TPSA) is 138 Å². The SMILES string of the molecule is O=C(O)c1ccc(C(=O)Oc2ccc(C(=O)O)c(C(=O)O)c2)cc1. The van der Waals surface area contributed by atoms with Gasteiger partial charge in [0.25, 0.3) is 0 Å². The monoisotopic (exact) mass is 330 g/mol. The Labute approximate surface area is 134 Å². The number of hydrogen-bond acceptors (Lipinski definition) is 5. The van der Waals surface area contributed by atoms with Gasteiger partial charge in [-0.3, -0.25) is 0 Å².